The minimum Gasteiger partial charge on any atom is -0.438 e. The number of rotatable bonds is 3. The summed E-state index contributed by atoms with van der Waals surface area (Å²) in [5, 5.41) is 2.67. The predicted octanol–water partition coefficient (Wildman–Crippen LogP) is 5.51. The van der Waals surface area contributed by atoms with E-state index in [1.54, 1.807) is 30.3 Å². The first kappa shape index (κ1) is 14.5. The van der Waals surface area contributed by atoms with Crippen LogP contribution in [-0.4, -0.2) is 9.97 Å². The van der Waals surface area contributed by atoms with E-state index in [9.17, 15) is 8.78 Å². The van der Waals surface area contributed by atoms with Crippen LogP contribution in [0.25, 0.3) is 21.7 Å². The zero-order valence-electron chi connectivity index (χ0n) is 12.5. The van der Waals surface area contributed by atoms with Crippen LogP contribution in [0.3, 0.4) is 0 Å². The third-order valence-electron chi connectivity index (χ3n) is 3.72. The van der Waals surface area contributed by atoms with Crippen LogP contribution in [0.5, 0.6) is 11.6 Å². The van der Waals surface area contributed by atoms with Crippen molar-refractivity contribution in [1.82, 2.24) is 9.97 Å². The van der Waals surface area contributed by atoms with E-state index in [0.29, 0.717) is 16.7 Å². The van der Waals surface area contributed by atoms with E-state index in [1.165, 1.54) is 0 Å². The Morgan fingerprint density at radius 3 is 2.38 bits per heavy atom. The van der Waals surface area contributed by atoms with Crippen molar-refractivity contribution < 1.29 is 13.5 Å². The van der Waals surface area contributed by atoms with E-state index in [2.05, 4.69) is 9.97 Å². The van der Waals surface area contributed by atoms with Gasteiger partial charge in [-0.2, -0.15) is 4.98 Å². The van der Waals surface area contributed by atoms with Gasteiger partial charge in [-0.15, -0.1) is 0 Å². The molecule has 24 heavy (non-hydrogen) atoms. The second-order valence-electron chi connectivity index (χ2n) is 5.32. The number of para-hydroxylation sites is 1. The highest BCUT2D eigenvalue weighted by Crippen LogP contribution is 2.31. The number of halogens is 2. The van der Waals surface area contributed by atoms with Gasteiger partial charge in [0.15, 0.2) is 5.82 Å². The molecule has 1 aromatic heterocycles. The number of nitrogens with zero attached hydrogens (tertiary/aromatic N) is 2. The van der Waals surface area contributed by atoms with E-state index < -0.39 is 12.2 Å². The second kappa shape index (κ2) is 5.85. The molecule has 0 bridgehead atoms. The Labute approximate surface area is 136 Å². The average molecular weight is 322 g/mol. The van der Waals surface area contributed by atoms with Crippen LogP contribution in [0.15, 0.2) is 66.7 Å². The molecule has 0 aliphatic heterocycles. The molecule has 0 fully saturated rings. The van der Waals surface area contributed by atoms with Crippen molar-refractivity contribution >= 4 is 21.7 Å². The van der Waals surface area contributed by atoms with Gasteiger partial charge >= 0.3 is 0 Å². The molecule has 3 aromatic carbocycles. The highest BCUT2D eigenvalue weighted by Gasteiger charge is 2.16. The molecule has 1 heterocycles. The first-order valence-corrected chi connectivity index (χ1v) is 7.42. The number of ether oxygens (including phenoxy) is 1. The summed E-state index contributed by atoms with van der Waals surface area (Å²) >= 11 is 0. The summed E-state index contributed by atoms with van der Waals surface area (Å²) in [6.07, 6.45) is -2.76. The van der Waals surface area contributed by atoms with Crippen molar-refractivity contribution in [3.63, 3.8) is 0 Å². The van der Waals surface area contributed by atoms with Crippen LogP contribution in [-0.2, 0) is 0 Å². The lowest BCUT2D eigenvalue weighted by Crippen LogP contribution is -1.99. The van der Waals surface area contributed by atoms with Gasteiger partial charge in [0.1, 0.15) is 5.75 Å². The highest BCUT2D eigenvalue weighted by atomic mass is 19.3. The topological polar surface area (TPSA) is 35.0 Å². The predicted molar refractivity (Wildman–Crippen MR) is 88.5 cm³/mol. The molecule has 0 saturated carbocycles. The Kier molecular flexibility index (Phi) is 3.54. The zero-order valence-corrected chi connectivity index (χ0v) is 12.5. The van der Waals surface area contributed by atoms with Gasteiger partial charge < -0.3 is 4.74 Å². The summed E-state index contributed by atoms with van der Waals surface area (Å²) in [5.74, 6) is 0.133. The molecule has 0 saturated heterocycles. The smallest absolute Gasteiger partial charge is 0.297 e. The van der Waals surface area contributed by atoms with Gasteiger partial charge in [-0.1, -0.05) is 42.5 Å². The third-order valence-corrected chi connectivity index (χ3v) is 3.72. The minimum absolute atomic E-state index is 0.131. The summed E-state index contributed by atoms with van der Waals surface area (Å²) in [6, 6.07) is 20.4. The van der Waals surface area contributed by atoms with E-state index in [0.717, 1.165) is 10.8 Å². The number of fused-ring (bicyclic) bond motifs is 2. The van der Waals surface area contributed by atoms with Crippen LogP contribution < -0.4 is 4.74 Å². The third kappa shape index (κ3) is 2.65. The van der Waals surface area contributed by atoms with Crippen molar-refractivity contribution in [1.29, 1.82) is 0 Å². The molecular formula is C19H12F2N2O. The molecule has 0 atom stereocenters. The molecule has 0 N–H and O–H groups in total. The van der Waals surface area contributed by atoms with Gasteiger partial charge in [-0.25, -0.2) is 13.8 Å². The molecule has 5 heteroatoms. The van der Waals surface area contributed by atoms with E-state index in [-0.39, 0.29) is 5.88 Å². The van der Waals surface area contributed by atoms with Crippen molar-refractivity contribution in [2.24, 2.45) is 0 Å². The van der Waals surface area contributed by atoms with E-state index in [1.807, 2.05) is 36.4 Å². The van der Waals surface area contributed by atoms with Gasteiger partial charge in [0, 0.05) is 0 Å². The Morgan fingerprint density at radius 1 is 0.792 bits per heavy atom. The summed E-state index contributed by atoms with van der Waals surface area (Å²) in [4.78, 5) is 7.78. The molecule has 0 unspecified atom stereocenters. The summed E-state index contributed by atoms with van der Waals surface area (Å²) in [6.45, 7) is 0. The molecular weight excluding hydrogens is 310 g/mol. The van der Waals surface area contributed by atoms with Gasteiger partial charge in [0.05, 0.1) is 10.9 Å². The standard InChI is InChI=1S/C19H12F2N2O/c20-17(21)18-22-16-8-4-3-7-15(16)19(23-18)24-14-10-9-12-5-1-2-6-13(12)11-14/h1-11,17H. The number of aromatic nitrogens is 2. The van der Waals surface area contributed by atoms with Gasteiger partial charge in [-0.05, 0) is 35.0 Å². The fourth-order valence-corrected chi connectivity index (χ4v) is 2.58. The zero-order chi connectivity index (χ0) is 16.5. The Bertz CT molecular complexity index is 1030. The molecule has 3 nitrogen and oxygen atoms in total. The molecule has 4 aromatic rings. The fourth-order valence-electron chi connectivity index (χ4n) is 2.58. The quantitative estimate of drug-likeness (QED) is 0.498. The largest absolute Gasteiger partial charge is 0.438 e. The molecule has 0 aliphatic carbocycles. The molecule has 0 spiro atoms. The van der Waals surface area contributed by atoms with Crippen LogP contribution in [0.2, 0.25) is 0 Å². The van der Waals surface area contributed by atoms with Crippen molar-refractivity contribution in [3.8, 4) is 11.6 Å². The minimum atomic E-state index is -2.76. The maximum atomic E-state index is 13.0. The molecule has 4 rings (SSSR count). The number of hydrogen-bond donors (Lipinski definition) is 0. The van der Waals surface area contributed by atoms with Crippen molar-refractivity contribution in [2.45, 2.75) is 6.43 Å². The van der Waals surface area contributed by atoms with Crippen molar-refractivity contribution in [2.75, 3.05) is 0 Å². The van der Waals surface area contributed by atoms with Crippen LogP contribution in [0.4, 0.5) is 8.78 Å². The van der Waals surface area contributed by atoms with E-state index >= 15 is 0 Å². The molecule has 0 amide bonds. The van der Waals surface area contributed by atoms with Crippen molar-refractivity contribution in [3.05, 3.63) is 72.6 Å². The Hall–Kier alpha value is -3.08. The second-order valence-corrected chi connectivity index (χ2v) is 5.32. The molecule has 0 aliphatic rings. The lowest BCUT2D eigenvalue weighted by atomic mass is 10.1. The fraction of sp³-hybridized carbons (Fsp3) is 0.0526. The number of hydrogen-bond acceptors (Lipinski definition) is 3. The Morgan fingerprint density at radius 2 is 1.54 bits per heavy atom. The molecule has 0 radical (unpaired) electrons. The maximum Gasteiger partial charge on any atom is 0.297 e. The summed E-state index contributed by atoms with van der Waals surface area (Å²) in [5.41, 5.74) is 0.429. The molecule has 118 valence electrons. The monoisotopic (exact) mass is 322 g/mol. The van der Waals surface area contributed by atoms with Crippen LogP contribution >= 0.6 is 0 Å². The first-order chi connectivity index (χ1) is 11.7. The van der Waals surface area contributed by atoms with Crippen LogP contribution in [0.1, 0.15) is 12.2 Å². The SMILES string of the molecule is FC(F)c1nc(Oc2ccc3ccccc3c2)c2ccccc2n1. The number of benzene rings is 3. The number of alkyl halides is 2. The van der Waals surface area contributed by atoms with Gasteiger partial charge in [-0.3, -0.25) is 0 Å². The van der Waals surface area contributed by atoms with E-state index in [4.69, 9.17) is 4.74 Å². The van der Waals surface area contributed by atoms with Gasteiger partial charge in [0.2, 0.25) is 5.88 Å². The maximum absolute atomic E-state index is 13.0. The lowest BCUT2D eigenvalue weighted by Gasteiger charge is -2.10. The normalized spacial score (nSPS) is 11.3. The lowest BCUT2D eigenvalue weighted by molar-refractivity contribution is 0.140. The van der Waals surface area contributed by atoms with Crippen LogP contribution in [0, 0.1) is 0 Å². The van der Waals surface area contributed by atoms with Gasteiger partial charge in [0.25, 0.3) is 6.43 Å². The highest BCUT2D eigenvalue weighted by molar-refractivity contribution is 5.85. The average Bonchev–Trinajstić information content (AvgIpc) is 2.61. The first-order valence-electron chi connectivity index (χ1n) is 7.42. The summed E-state index contributed by atoms with van der Waals surface area (Å²) < 4.78 is 31.9. The summed E-state index contributed by atoms with van der Waals surface area (Å²) in [7, 11) is 0. The Balaban J connectivity index is 1.82.